The van der Waals surface area contributed by atoms with E-state index in [1.807, 2.05) is 13.8 Å². The normalized spacial score (nSPS) is 16.7. The summed E-state index contributed by atoms with van der Waals surface area (Å²) in [6, 6.07) is 13.0. The van der Waals surface area contributed by atoms with Crippen molar-refractivity contribution in [2.45, 2.75) is 71.8 Å². The molecule has 2 aromatic rings. The highest BCUT2D eigenvalue weighted by Gasteiger charge is 2.41. The summed E-state index contributed by atoms with van der Waals surface area (Å²) in [5, 5.41) is 3.01. The topological polar surface area (TPSA) is 133 Å². The number of amides is 3. The first-order valence-corrected chi connectivity index (χ1v) is 15.8. The van der Waals surface area contributed by atoms with Crippen molar-refractivity contribution in [1.82, 2.24) is 15.1 Å². The highest BCUT2D eigenvalue weighted by molar-refractivity contribution is 5.95. The molecule has 1 saturated heterocycles. The lowest BCUT2D eigenvalue weighted by Gasteiger charge is -2.32. The Balaban J connectivity index is 1.89. The number of carbonyl (C=O) groups is 4. The number of nitrogens with one attached hydrogen (secondary N) is 1. The van der Waals surface area contributed by atoms with Crippen LogP contribution in [0.25, 0.3) is 0 Å². The quantitative estimate of drug-likeness (QED) is 0.229. The van der Waals surface area contributed by atoms with Crippen LogP contribution in [0.2, 0.25) is 0 Å². The van der Waals surface area contributed by atoms with Crippen LogP contribution in [0.3, 0.4) is 0 Å². The number of methoxy groups -OCH3 is 2. The Bertz CT molecular complexity index is 1360. The molecule has 2 aromatic carbocycles. The van der Waals surface area contributed by atoms with Crippen molar-refractivity contribution in [3.8, 4) is 11.5 Å². The number of benzene rings is 2. The van der Waals surface area contributed by atoms with Gasteiger partial charge in [0.1, 0.15) is 5.60 Å². The molecule has 3 amide bonds. The molecule has 3 rings (SSSR count). The molecule has 258 valence electrons. The Hall–Kier alpha value is -4.32. The molecule has 12 heteroatoms. The largest absolute Gasteiger partial charge is 0.493 e. The SMILES string of the molecule is COCCCOc1cc(C(=O)N(C[C@@H]2CN(C(=O)OC(C)(C)C)C[C@H]2NC(=O)C(OC(C)=O)c2ccccc2)C(C)C)ccc1OC. The summed E-state index contributed by atoms with van der Waals surface area (Å²) in [6.45, 7) is 11.9. The Morgan fingerprint density at radius 1 is 0.979 bits per heavy atom. The first kappa shape index (κ1) is 37.1. The summed E-state index contributed by atoms with van der Waals surface area (Å²) in [5.41, 5.74) is 0.194. The highest BCUT2D eigenvalue weighted by atomic mass is 16.6. The molecular formula is C35H49N3O9. The maximum Gasteiger partial charge on any atom is 0.410 e. The van der Waals surface area contributed by atoms with Gasteiger partial charge in [-0.3, -0.25) is 14.4 Å². The lowest BCUT2D eigenvalue weighted by Crippen LogP contribution is -2.48. The number of ether oxygens (including phenoxy) is 5. The molecular weight excluding hydrogens is 606 g/mol. The molecule has 47 heavy (non-hydrogen) atoms. The second-order valence-corrected chi connectivity index (χ2v) is 12.8. The average Bonchev–Trinajstić information content (AvgIpc) is 3.42. The third-order valence-corrected chi connectivity index (χ3v) is 7.52. The van der Waals surface area contributed by atoms with Gasteiger partial charge in [-0.15, -0.1) is 0 Å². The van der Waals surface area contributed by atoms with Gasteiger partial charge in [0, 0.05) is 69.8 Å². The molecule has 1 aliphatic heterocycles. The first-order valence-electron chi connectivity index (χ1n) is 15.8. The molecule has 1 aliphatic rings. The number of carbonyl (C=O) groups excluding carboxylic acids is 4. The molecule has 0 saturated carbocycles. The third-order valence-electron chi connectivity index (χ3n) is 7.52. The third kappa shape index (κ3) is 10.9. The van der Waals surface area contributed by atoms with Crippen LogP contribution in [-0.4, -0.2) is 98.4 Å². The van der Waals surface area contributed by atoms with Gasteiger partial charge in [-0.05, 0) is 52.8 Å². The van der Waals surface area contributed by atoms with E-state index in [2.05, 4.69) is 5.32 Å². The summed E-state index contributed by atoms with van der Waals surface area (Å²) in [6.07, 6.45) is -1.04. The van der Waals surface area contributed by atoms with Crippen LogP contribution in [0.15, 0.2) is 48.5 Å². The van der Waals surface area contributed by atoms with Crippen LogP contribution < -0.4 is 14.8 Å². The van der Waals surface area contributed by atoms with E-state index in [0.29, 0.717) is 42.3 Å². The van der Waals surface area contributed by atoms with Gasteiger partial charge in [0.05, 0.1) is 19.8 Å². The number of nitrogens with zero attached hydrogens (tertiary/aromatic N) is 2. The second kappa shape index (κ2) is 17.0. The van der Waals surface area contributed by atoms with Gasteiger partial charge in [-0.2, -0.15) is 0 Å². The Labute approximate surface area is 277 Å². The molecule has 1 N–H and O–H groups in total. The minimum atomic E-state index is -1.19. The van der Waals surface area contributed by atoms with E-state index in [4.69, 9.17) is 23.7 Å². The number of likely N-dealkylation sites (tertiary alicyclic amines) is 1. The van der Waals surface area contributed by atoms with Crippen LogP contribution in [0, 0.1) is 5.92 Å². The molecule has 1 fully saturated rings. The zero-order valence-electron chi connectivity index (χ0n) is 28.7. The Morgan fingerprint density at radius 2 is 1.68 bits per heavy atom. The van der Waals surface area contributed by atoms with Crippen molar-refractivity contribution in [1.29, 1.82) is 0 Å². The maximum absolute atomic E-state index is 14.0. The van der Waals surface area contributed by atoms with E-state index in [-0.39, 0.29) is 37.5 Å². The Morgan fingerprint density at radius 3 is 2.28 bits per heavy atom. The van der Waals surface area contributed by atoms with Crippen LogP contribution in [0.1, 0.15) is 70.0 Å². The Kier molecular flexibility index (Phi) is 13.4. The predicted molar refractivity (Wildman–Crippen MR) is 175 cm³/mol. The second-order valence-electron chi connectivity index (χ2n) is 12.8. The number of esters is 1. The fourth-order valence-corrected chi connectivity index (χ4v) is 5.28. The van der Waals surface area contributed by atoms with E-state index in [1.54, 1.807) is 81.3 Å². The summed E-state index contributed by atoms with van der Waals surface area (Å²) >= 11 is 0. The molecule has 0 bridgehead atoms. The lowest BCUT2D eigenvalue weighted by atomic mass is 10.00. The van der Waals surface area contributed by atoms with Gasteiger partial charge >= 0.3 is 12.1 Å². The fourth-order valence-electron chi connectivity index (χ4n) is 5.28. The predicted octanol–water partition coefficient (Wildman–Crippen LogP) is 4.62. The van der Waals surface area contributed by atoms with Gasteiger partial charge in [0.25, 0.3) is 11.8 Å². The van der Waals surface area contributed by atoms with Gasteiger partial charge in [0.15, 0.2) is 11.5 Å². The summed E-state index contributed by atoms with van der Waals surface area (Å²) < 4.78 is 27.5. The number of hydrogen-bond acceptors (Lipinski definition) is 9. The van der Waals surface area contributed by atoms with Crippen molar-refractivity contribution in [3.05, 3.63) is 59.7 Å². The van der Waals surface area contributed by atoms with Crippen LogP contribution in [0.5, 0.6) is 11.5 Å². The number of rotatable bonds is 14. The van der Waals surface area contributed by atoms with Crippen LogP contribution >= 0.6 is 0 Å². The van der Waals surface area contributed by atoms with E-state index in [0.717, 1.165) is 0 Å². The van der Waals surface area contributed by atoms with E-state index in [1.165, 1.54) is 18.9 Å². The van der Waals surface area contributed by atoms with Crippen molar-refractivity contribution >= 4 is 23.9 Å². The first-order chi connectivity index (χ1) is 22.2. The van der Waals surface area contributed by atoms with Gasteiger partial charge in [0.2, 0.25) is 6.10 Å². The zero-order chi connectivity index (χ0) is 34.7. The highest BCUT2D eigenvalue weighted by Crippen LogP contribution is 2.30. The van der Waals surface area contributed by atoms with Crippen molar-refractivity contribution in [2.24, 2.45) is 5.92 Å². The summed E-state index contributed by atoms with van der Waals surface area (Å²) in [4.78, 5) is 56.0. The van der Waals surface area contributed by atoms with Crippen LogP contribution in [0.4, 0.5) is 4.79 Å². The maximum atomic E-state index is 14.0. The van der Waals surface area contributed by atoms with E-state index >= 15 is 0 Å². The van der Waals surface area contributed by atoms with Gasteiger partial charge in [-0.1, -0.05) is 30.3 Å². The van der Waals surface area contributed by atoms with E-state index < -0.39 is 35.7 Å². The average molecular weight is 656 g/mol. The smallest absolute Gasteiger partial charge is 0.410 e. The molecule has 0 aromatic heterocycles. The van der Waals surface area contributed by atoms with Crippen molar-refractivity contribution in [2.75, 3.05) is 47.1 Å². The molecule has 0 radical (unpaired) electrons. The minimum Gasteiger partial charge on any atom is -0.493 e. The van der Waals surface area contributed by atoms with Gasteiger partial charge < -0.3 is 38.8 Å². The minimum absolute atomic E-state index is 0.148. The molecule has 1 heterocycles. The molecule has 1 unspecified atom stereocenters. The van der Waals surface area contributed by atoms with Crippen LogP contribution in [-0.2, 0) is 23.8 Å². The monoisotopic (exact) mass is 655 g/mol. The fraction of sp³-hybridized carbons (Fsp3) is 0.543. The van der Waals surface area contributed by atoms with E-state index in [9.17, 15) is 19.2 Å². The summed E-state index contributed by atoms with van der Waals surface area (Å²) in [5.74, 6) is -0.798. The van der Waals surface area contributed by atoms with Crippen molar-refractivity contribution in [3.63, 3.8) is 0 Å². The molecule has 12 nitrogen and oxygen atoms in total. The zero-order valence-corrected chi connectivity index (χ0v) is 28.7. The van der Waals surface area contributed by atoms with Crippen molar-refractivity contribution < 1.29 is 42.9 Å². The molecule has 0 aliphatic carbocycles. The molecule has 0 spiro atoms. The lowest BCUT2D eigenvalue weighted by molar-refractivity contribution is -0.154. The molecule has 3 atom stereocenters. The van der Waals surface area contributed by atoms with Gasteiger partial charge in [-0.25, -0.2) is 4.79 Å². The standard InChI is InChI=1S/C35H49N3O9/c1-23(2)38(33(41)26-15-16-29(44-8)30(19-26)45-18-12-17-43-7)21-27-20-37(34(42)47-35(4,5)6)22-28(27)36-32(40)31(46-24(3)39)25-13-10-9-11-14-25/h9-11,13-16,19,23,27-28,31H,12,17-18,20-22H2,1-8H3,(H,36,40)/t27-,28+,31?/m0/s1. The summed E-state index contributed by atoms with van der Waals surface area (Å²) in [7, 11) is 3.16. The number of hydrogen-bond donors (Lipinski definition) is 1.